The van der Waals surface area contributed by atoms with Gasteiger partial charge in [0.05, 0.1) is 11.0 Å². The van der Waals surface area contributed by atoms with Crippen LogP contribution in [-0.2, 0) is 6.54 Å². The van der Waals surface area contributed by atoms with Gasteiger partial charge < -0.3 is 4.57 Å². The van der Waals surface area contributed by atoms with Crippen LogP contribution in [0.3, 0.4) is 0 Å². The number of aromatic nitrogens is 2. The fraction of sp³-hybridized carbons (Fsp3) is 0.562. The summed E-state index contributed by atoms with van der Waals surface area (Å²) in [6.45, 7) is 3.24. The van der Waals surface area contributed by atoms with Crippen LogP contribution in [0.1, 0.15) is 51.9 Å². The molecule has 1 aromatic carbocycles. The predicted octanol–water partition coefficient (Wildman–Crippen LogP) is 5.44. The Morgan fingerprint density at radius 2 is 1.68 bits per heavy atom. The molecule has 0 saturated carbocycles. The average Bonchev–Trinajstić information content (AvgIpc) is 2.74. The summed E-state index contributed by atoms with van der Waals surface area (Å²) in [6.07, 6.45) is 9.25. The quantitative estimate of drug-likeness (QED) is 0.588. The van der Waals surface area contributed by atoms with Gasteiger partial charge in [0.25, 0.3) is 0 Å². The Bertz CT molecular complexity index is 504. The van der Waals surface area contributed by atoms with E-state index in [4.69, 9.17) is 11.6 Å². The van der Waals surface area contributed by atoms with Gasteiger partial charge in [-0.2, -0.15) is 0 Å². The van der Waals surface area contributed by atoms with Crippen LogP contribution in [0, 0.1) is 0 Å². The maximum Gasteiger partial charge on any atom is 0.203 e. The van der Waals surface area contributed by atoms with Crippen LogP contribution in [0.15, 0.2) is 24.3 Å². The van der Waals surface area contributed by atoms with Crippen molar-refractivity contribution in [1.82, 2.24) is 9.55 Å². The van der Waals surface area contributed by atoms with Crippen LogP contribution in [0.4, 0.5) is 0 Å². The van der Waals surface area contributed by atoms with E-state index in [1.165, 1.54) is 44.9 Å². The molecule has 0 amide bonds. The van der Waals surface area contributed by atoms with Gasteiger partial charge in [-0.05, 0) is 30.2 Å². The molecule has 104 valence electrons. The molecule has 19 heavy (non-hydrogen) atoms. The number of hydrogen-bond acceptors (Lipinski definition) is 1. The number of benzene rings is 1. The minimum Gasteiger partial charge on any atom is -0.315 e. The van der Waals surface area contributed by atoms with Gasteiger partial charge in [0.1, 0.15) is 0 Å². The number of para-hydroxylation sites is 2. The van der Waals surface area contributed by atoms with E-state index in [9.17, 15) is 0 Å². The number of hydrogen-bond donors (Lipinski definition) is 0. The van der Waals surface area contributed by atoms with Gasteiger partial charge in [0.2, 0.25) is 5.28 Å². The summed E-state index contributed by atoms with van der Waals surface area (Å²) < 4.78 is 2.13. The number of unbranched alkanes of at least 4 members (excludes halogenated alkanes) is 6. The van der Waals surface area contributed by atoms with E-state index in [1.807, 2.05) is 18.2 Å². The van der Waals surface area contributed by atoms with E-state index in [2.05, 4.69) is 22.5 Å². The molecule has 2 nitrogen and oxygen atoms in total. The van der Waals surface area contributed by atoms with Gasteiger partial charge in [0.15, 0.2) is 0 Å². The van der Waals surface area contributed by atoms with E-state index in [-0.39, 0.29) is 0 Å². The van der Waals surface area contributed by atoms with Crippen molar-refractivity contribution < 1.29 is 0 Å². The van der Waals surface area contributed by atoms with Crippen LogP contribution >= 0.6 is 11.6 Å². The molecule has 0 aliphatic rings. The zero-order chi connectivity index (χ0) is 13.5. The first-order valence-electron chi connectivity index (χ1n) is 7.43. The van der Waals surface area contributed by atoms with Crippen molar-refractivity contribution in [2.24, 2.45) is 0 Å². The van der Waals surface area contributed by atoms with E-state index in [1.54, 1.807) is 0 Å². The Labute approximate surface area is 120 Å². The topological polar surface area (TPSA) is 17.8 Å². The molecule has 0 saturated heterocycles. The highest BCUT2D eigenvalue weighted by Crippen LogP contribution is 2.20. The van der Waals surface area contributed by atoms with Gasteiger partial charge >= 0.3 is 0 Å². The summed E-state index contributed by atoms with van der Waals surface area (Å²) in [5.41, 5.74) is 2.15. The molecule has 0 spiro atoms. The van der Waals surface area contributed by atoms with Crippen LogP contribution in [0.2, 0.25) is 5.28 Å². The second-order valence-electron chi connectivity index (χ2n) is 5.14. The minimum atomic E-state index is 0.618. The summed E-state index contributed by atoms with van der Waals surface area (Å²) >= 11 is 6.20. The van der Waals surface area contributed by atoms with Gasteiger partial charge in [-0.25, -0.2) is 4.98 Å². The van der Waals surface area contributed by atoms with Crippen molar-refractivity contribution in [3.8, 4) is 0 Å². The maximum atomic E-state index is 6.20. The number of halogens is 1. The maximum absolute atomic E-state index is 6.20. The van der Waals surface area contributed by atoms with Crippen molar-refractivity contribution >= 4 is 22.6 Å². The van der Waals surface area contributed by atoms with Crippen LogP contribution in [0.5, 0.6) is 0 Å². The smallest absolute Gasteiger partial charge is 0.203 e. The van der Waals surface area contributed by atoms with Gasteiger partial charge in [-0.3, -0.25) is 0 Å². The molecule has 1 aromatic heterocycles. The zero-order valence-corrected chi connectivity index (χ0v) is 12.5. The standard InChI is InChI=1S/C16H23ClN2/c1-2-3-4-5-6-7-10-13-19-15-12-9-8-11-14(15)18-16(19)17/h8-9,11-12H,2-7,10,13H2,1H3. The summed E-state index contributed by atoms with van der Waals surface area (Å²) in [5.74, 6) is 0. The third kappa shape index (κ3) is 3.97. The summed E-state index contributed by atoms with van der Waals surface area (Å²) in [7, 11) is 0. The zero-order valence-electron chi connectivity index (χ0n) is 11.7. The molecular formula is C16H23ClN2. The molecule has 0 unspecified atom stereocenters. The third-order valence-electron chi connectivity index (χ3n) is 3.59. The monoisotopic (exact) mass is 278 g/mol. The highest BCUT2D eigenvalue weighted by Gasteiger charge is 2.07. The molecule has 2 rings (SSSR count). The van der Waals surface area contributed by atoms with Crippen LogP contribution in [-0.4, -0.2) is 9.55 Å². The highest BCUT2D eigenvalue weighted by atomic mass is 35.5. The molecule has 0 fully saturated rings. The number of aryl methyl sites for hydroxylation is 1. The highest BCUT2D eigenvalue weighted by molar-refractivity contribution is 6.29. The first-order chi connectivity index (χ1) is 9.33. The molecule has 2 aromatic rings. The van der Waals surface area contributed by atoms with Crippen molar-refractivity contribution in [3.05, 3.63) is 29.5 Å². The second kappa shape index (κ2) is 7.54. The molecule has 3 heteroatoms. The third-order valence-corrected chi connectivity index (χ3v) is 3.88. The Morgan fingerprint density at radius 1 is 1.00 bits per heavy atom. The Balaban J connectivity index is 1.80. The summed E-state index contributed by atoms with van der Waals surface area (Å²) in [5, 5.41) is 0.618. The van der Waals surface area contributed by atoms with Crippen LogP contribution < -0.4 is 0 Å². The number of nitrogens with zero attached hydrogens (tertiary/aromatic N) is 2. The lowest BCUT2D eigenvalue weighted by Gasteiger charge is -2.05. The second-order valence-corrected chi connectivity index (χ2v) is 5.48. The minimum absolute atomic E-state index is 0.618. The normalized spacial score (nSPS) is 11.3. The first kappa shape index (κ1) is 14.4. The summed E-state index contributed by atoms with van der Waals surface area (Å²) in [4.78, 5) is 4.38. The fourth-order valence-corrected chi connectivity index (χ4v) is 2.75. The molecule has 0 bridgehead atoms. The molecule has 0 aliphatic carbocycles. The summed E-state index contributed by atoms with van der Waals surface area (Å²) in [6, 6.07) is 8.16. The lowest BCUT2D eigenvalue weighted by molar-refractivity contribution is 0.555. The van der Waals surface area contributed by atoms with Crippen molar-refractivity contribution in [2.75, 3.05) is 0 Å². The molecule has 0 atom stereocenters. The number of fused-ring (bicyclic) bond motifs is 1. The van der Waals surface area contributed by atoms with E-state index in [0.717, 1.165) is 17.6 Å². The van der Waals surface area contributed by atoms with Crippen LogP contribution in [0.25, 0.3) is 11.0 Å². The van der Waals surface area contributed by atoms with Gasteiger partial charge in [-0.1, -0.05) is 57.6 Å². The molecule has 0 aliphatic heterocycles. The predicted molar refractivity (Wildman–Crippen MR) is 82.7 cm³/mol. The van der Waals surface area contributed by atoms with Gasteiger partial charge in [-0.15, -0.1) is 0 Å². The van der Waals surface area contributed by atoms with Crippen molar-refractivity contribution in [1.29, 1.82) is 0 Å². The number of rotatable bonds is 8. The average molecular weight is 279 g/mol. The Hall–Kier alpha value is -1.02. The largest absolute Gasteiger partial charge is 0.315 e. The van der Waals surface area contributed by atoms with E-state index < -0.39 is 0 Å². The lowest BCUT2D eigenvalue weighted by atomic mass is 10.1. The Morgan fingerprint density at radius 3 is 2.47 bits per heavy atom. The molecule has 0 N–H and O–H groups in total. The fourth-order valence-electron chi connectivity index (χ4n) is 2.49. The lowest BCUT2D eigenvalue weighted by Crippen LogP contribution is -1.98. The Kier molecular flexibility index (Phi) is 5.71. The first-order valence-corrected chi connectivity index (χ1v) is 7.81. The van der Waals surface area contributed by atoms with E-state index in [0.29, 0.717) is 5.28 Å². The van der Waals surface area contributed by atoms with Gasteiger partial charge in [0, 0.05) is 6.54 Å². The van der Waals surface area contributed by atoms with Crippen molar-refractivity contribution in [2.45, 2.75) is 58.4 Å². The van der Waals surface area contributed by atoms with Crippen molar-refractivity contribution in [3.63, 3.8) is 0 Å². The van der Waals surface area contributed by atoms with E-state index >= 15 is 0 Å². The number of imidazole rings is 1. The SMILES string of the molecule is CCCCCCCCCn1c(Cl)nc2ccccc21. The molecule has 0 radical (unpaired) electrons. The molecule has 1 heterocycles. The molecular weight excluding hydrogens is 256 g/mol.